The van der Waals surface area contributed by atoms with Crippen LogP contribution >= 0.6 is 0 Å². The molecule has 0 aliphatic rings. The van der Waals surface area contributed by atoms with Crippen molar-refractivity contribution in [2.24, 2.45) is 0 Å². The van der Waals surface area contributed by atoms with Crippen LogP contribution in [-0.4, -0.2) is 25.7 Å². The monoisotopic (exact) mass is 293 g/mol. The average molecular weight is 293 g/mol. The van der Waals surface area contributed by atoms with Crippen LogP contribution in [0.5, 0.6) is 0 Å². The first kappa shape index (κ1) is 16.4. The molecule has 0 saturated heterocycles. The van der Waals surface area contributed by atoms with Crippen molar-refractivity contribution in [2.75, 3.05) is 13.7 Å². The zero-order chi connectivity index (χ0) is 15.2. The van der Waals surface area contributed by atoms with E-state index in [4.69, 9.17) is 4.74 Å². The van der Waals surface area contributed by atoms with Crippen LogP contribution in [0.4, 0.5) is 17.6 Å². The number of nitrogens with one attached hydrogen (secondary N) is 1. The molecule has 0 saturated carbocycles. The zero-order valence-electron chi connectivity index (χ0n) is 10.8. The third-order valence-corrected chi connectivity index (χ3v) is 2.63. The Bertz CT molecular complexity index is 448. The van der Waals surface area contributed by atoms with E-state index < -0.39 is 36.8 Å². The van der Waals surface area contributed by atoms with Gasteiger partial charge in [0.05, 0.1) is 12.5 Å². The number of rotatable bonds is 6. The molecule has 1 N–H and O–H groups in total. The molecule has 112 valence electrons. The number of alkyl halides is 3. The maximum absolute atomic E-state index is 13.0. The van der Waals surface area contributed by atoms with E-state index in [2.05, 4.69) is 5.32 Å². The molecule has 1 aromatic rings. The molecule has 1 atom stereocenters. The minimum absolute atomic E-state index is 0.0172. The Morgan fingerprint density at radius 3 is 2.65 bits per heavy atom. The van der Waals surface area contributed by atoms with Crippen LogP contribution in [0, 0.1) is 5.82 Å². The van der Waals surface area contributed by atoms with Crippen molar-refractivity contribution < 1.29 is 27.1 Å². The highest BCUT2D eigenvalue weighted by atomic mass is 19.4. The molecular weight excluding hydrogens is 278 g/mol. The van der Waals surface area contributed by atoms with Gasteiger partial charge in [-0.1, -0.05) is 12.1 Å². The lowest BCUT2D eigenvalue weighted by atomic mass is 10.1. The zero-order valence-corrected chi connectivity index (χ0v) is 10.8. The third kappa shape index (κ3) is 6.01. The van der Waals surface area contributed by atoms with Crippen LogP contribution in [0.2, 0.25) is 0 Å². The van der Waals surface area contributed by atoms with Gasteiger partial charge in [0.1, 0.15) is 5.82 Å². The summed E-state index contributed by atoms with van der Waals surface area (Å²) in [5, 5.41) is 2.34. The van der Waals surface area contributed by atoms with Gasteiger partial charge in [-0.2, -0.15) is 13.2 Å². The highest BCUT2D eigenvalue weighted by Gasteiger charge is 2.28. The standard InChI is InChI=1S/C13H15F4NO2/c1-20-11(9-3-2-4-10(14)7-9)8-18-12(19)5-6-13(15,16)17/h2-4,7,11H,5-6,8H2,1H3,(H,18,19). The molecule has 1 amide bonds. The number of amides is 1. The van der Waals surface area contributed by atoms with Crippen LogP contribution in [-0.2, 0) is 9.53 Å². The molecule has 0 radical (unpaired) electrons. The van der Waals surface area contributed by atoms with E-state index in [1.807, 2.05) is 0 Å². The smallest absolute Gasteiger partial charge is 0.375 e. The van der Waals surface area contributed by atoms with Crippen LogP contribution in [0.25, 0.3) is 0 Å². The van der Waals surface area contributed by atoms with Crippen molar-refractivity contribution in [3.05, 3.63) is 35.6 Å². The van der Waals surface area contributed by atoms with E-state index >= 15 is 0 Å². The molecule has 0 fully saturated rings. The number of hydrogen-bond donors (Lipinski definition) is 1. The summed E-state index contributed by atoms with van der Waals surface area (Å²) in [6, 6.07) is 5.61. The third-order valence-electron chi connectivity index (χ3n) is 2.63. The Morgan fingerprint density at radius 2 is 2.10 bits per heavy atom. The van der Waals surface area contributed by atoms with Crippen molar-refractivity contribution >= 4 is 5.91 Å². The second kappa shape index (κ2) is 7.23. The lowest BCUT2D eigenvalue weighted by Crippen LogP contribution is -2.30. The van der Waals surface area contributed by atoms with Crippen molar-refractivity contribution in [3.8, 4) is 0 Å². The lowest BCUT2D eigenvalue weighted by Gasteiger charge is -2.16. The molecule has 0 aliphatic carbocycles. The van der Waals surface area contributed by atoms with Gasteiger partial charge in [-0.05, 0) is 17.7 Å². The van der Waals surface area contributed by atoms with Gasteiger partial charge in [0, 0.05) is 20.1 Å². The van der Waals surface area contributed by atoms with Crippen molar-refractivity contribution in [1.29, 1.82) is 0 Å². The molecule has 0 aliphatic heterocycles. The van der Waals surface area contributed by atoms with Gasteiger partial charge >= 0.3 is 6.18 Å². The maximum Gasteiger partial charge on any atom is 0.389 e. The first-order valence-electron chi connectivity index (χ1n) is 5.93. The summed E-state index contributed by atoms with van der Waals surface area (Å²) in [7, 11) is 1.37. The van der Waals surface area contributed by atoms with Gasteiger partial charge < -0.3 is 10.1 Å². The second-order valence-electron chi connectivity index (χ2n) is 4.20. The normalized spacial score (nSPS) is 13.1. The molecule has 1 rings (SSSR count). The van der Waals surface area contributed by atoms with Gasteiger partial charge in [0.15, 0.2) is 0 Å². The van der Waals surface area contributed by atoms with Crippen LogP contribution in [0.3, 0.4) is 0 Å². The lowest BCUT2D eigenvalue weighted by molar-refractivity contribution is -0.144. The van der Waals surface area contributed by atoms with E-state index in [-0.39, 0.29) is 6.54 Å². The number of ether oxygens (including phenoxy) is 1. The Kier molecular flexibility index (Phi) is 5.94. The minimum Gasteiger partial charge on any atom is -0.375 e. The van der Waals surface area contributed by atoms with Crippen molar-refractivity contribution in [1.82, 2.24) is 5.32 Å². The summed E-state index contributed by atoms with van der Waals surface area (Å²) in [6.45, 7) is -0.0172. The Labute approximate surface area is 113 Å². The van der Waals surface area contributed by atoms with Gasteiger partial charge in [-0.15, -0.1) is 0 Å². The summed E-state index contributed by atoms with van der Waals surface area (Å²) in [6.07, 6.45) is -6.78. The van der Waals surface area contributed by atoms with Crippen LogP contribution in [0.15, 0.2) is 24.3 Å². The predicted molar refractivity (Wildman–Crippen MR) is 64.4 cm³/mol. The largest absolute Gasteiger partial charge is 0.389 e. The SMILES string of the molecule is COC(CNC(=O)CCC(F)(F)F)c1cccc(F)c1. The fourth-order valence-corrected chi connectivity index (χ4v) is 1.59. The van der Waals surface area contributed by atoms with E-state index in [9.17, 15) is 22.4 Å². The fourth-order valence-electron chi connectivity index (χ4n) is 1.59. The summed E-state index contributed by atoms with van der Waals surface area (Å²) in [4.78, 5) is 11.3. The van der Waals surface area contributed by atoms with E-state index in [1.165, 1.54) is 25.3 Å². The Hall–Kier alpha value is -1.63. The van der Waals surface area contributed by atoms with Gasteiger partial charge in [-0.25, -0.2) is 4.39 Å². The Morgan fingerprint density at radius 1 is 1.40 bits per heavy atom. The topological polar surface area (TPSA) is 38.3 Å². The summed E-state index contributed by atoms with van der Waals surface area (Å²) in [5.41, 5.74) is 0.503. The molecule has 20 heavy (non-hydrogen) atoms. The molecular formula is C13H15F4NO2. The molecule has 0 spiro atoms. The van der Waals surface area contributed by atoms with E-state index in [1.54, 1.807) is 6.07 Å². The van der Waals surface area contributed by atoms with Gasteiger partial charge in [0.2, 0.25) is 5.91 Å². The number of halogens is 4. The second-order valence-corrected chi connectivity index (χ2v) is 4.20. The van der Waals surface area contributed by atoms with Crippen molar-refractivity contribution in [3.63, 3.8) is 0 Å². The number of carbonyl (C=O) groups is 1. The molecule has 1 aromatic carbocycles. The summed E-state index contributed by atoms with van der Waals surface area (Å²) < 4.78 is 54.0. The van der Waals surface area contributed by atoms with Crippen molar-refractivity contribution in [2.45, 2.75) is 25.1 Å². The number of methoxy groups -OCH3 is 1. The number of hydrogen-bond acceptors (Lipinski definition) is 2. The molecule has 3 nitrogen and oxygen atoms in total. The quantitative estimate of drug-likeness (QED) is 0.819. The maximum atomic E-state index is 13.0. The average Bonchev–Trinajstić information content (AvgIpc) is 2.36. The first-order chi connectivity index (χ1) is 9.31. The van der Waals surface area contributed by atoms with Gasteiger partial charge in [0.25, 0.3) is 0 Å². The van der Waals surface area contributed by atoms with E-state index in [0.717, 1.165) is 0 Å². The van der Waals surface area contributed by atoms with Crippen LogP contribution in [0.1, 0.15) is 24.5 Å². The molecule has 0 aromatic heterocycles. The minimum atomic E-state index is -4.36. The molecule has 7 heteroatoms. The molecule has 0 bridgehead atoms. The summed E-state index contributed by atoms with van der Waals surface area (Å²) >= 11 is 0. The first-order valence-corrected chi connectivity index (χ1v) is 5.93. The van der Waals surface area contributed by atoms with E-state index in [0.29, 0.717) is 5.56 Å². The molecule has 1 unspecified atom stereocenters. The highest BCUT2D eigenvalue weighted by molar-refractivity contribution is 5.75. The van der Waals surface area contributed by atoms with Crippen LogP contribution < -0.4 is 5.32 Å². The number of carbonyl (C=O) groups excluding carboxylic acids is 1. The van der Waals surface area contributed by atoms with Gasteiger partial charge in [-0.3, -0.25) is 4.79 Å². The molecule has 0 heterocycles. The number of benzene rings is 1. The fraction of sp³-hybridized carbons (Fsp3) is 0.462. The predicted octanol–water partition coefficient (Wildman–Crippen LogP) is 2.97. The highest BCUT2D eigenvalue weighted by Crippen LogP contribution is 2.21. The summed E-state index contributed by atoms with van der Waals surface area (Å²) in [5.74, 6) is -1.17. The Balaban J connectivity index is 2.48.